The van der Waals surface area contributed by atoms with Crippen molar-refractivity contribution in [3.8, 4) is 5.69 Å². The summed E-state index contributed by atoms with van der Waals surface area (Å²) in [6.07, 6.45) is 4.38. The Bertz CT molecular complexity index is 538. The molecule has 1 saturated carbocycles. The zero-order valence-electron chi connectivity index (χ0n) is 10.1. The summed E-state index contributed by atoms with van der Waals surface area (Å²) in [5.41, 5.74) is 9.53. The summed E-state index contributed by atoms with van der Waals surface area (Å²) < 4.78 is 1.96. The second-order valence-electron chi connectivity index (χ2n) is 4.92. The molecular formula is C14H17N3. The van der Waals surface area contributed by atoms with Crippen molar-refractivity contribution < 1.29 is 0 Å². The molecule has 1 aliphatic rings. The molecule has 2 N–H and O–H groups in total. The molecule has 1 aromatic carbocycles. The highest BCUT2D eigenvalue weighted by molar-refractivity contribution is 5.40. The Kier molecular flexibility index (Phi) is 2.30. The van der Waals surface area contributed by atoms with E-state index in [2.05, 4.69) is 30.2 Å². The monoisotopic (exact) mass is 227 g/mol. The van der Waals surface area contributed by atoms with Gasteiger partial charge in [-0.25, -0.2) is 4.68 Å². The summed E-state index contributed by atoms with van der Waals surface area (Å²) in [4.78, 5) is 0. The number of aryl methyl sites for hydroxylation is 1. The van der Waals surface area contributed by atoms with Crippen LogP contribution < -0.4 is 5.73 Å². The predicted octanol–water partition coefficient (Wildman–Crippen LogP) is 2.17. The minimum absolute atomic E-state index is 0.175. The number of para-hydroxylation sites is 1. The third-order valence-electron chi connectivity index (χ3n) is 3.74. The summed E-state index contributed by atoms with van der Waals surface area (Å²) >= 11 is 0. The van der Waals surface area contributed by atoms with Crippen LogP contribution in [0.15, 0.2) is 36.5 Å². The lowest BCUT2D eigenvalue weighted by Crippen LogP contribution is -2.20. The molecule has 3 rings (SSSR count). The van der Waals surface area contributed by atoms with E-state index in [-0.39, 0.29) is 5.41 Å². The second-order valence-corrected chi connectivity index (χ2v) is 4.92. The van der Waals surface area contributed by atoms with Gasteiger partial charge in [-0.05, 0) is 37.5 Å². The van der Waals surface area contributed by atoms with Gasteiger partial charge >= 0.3 is 0 Å². The minimum atomic E-state index is 0.175. The summed E-state index contributed by atoms with van der Waals surface area (Å²) in [5, 5.41) is 4.68. The van der Waals surface area contributed by atoms with Gasteiger partial charge in [0.25, 0.3) is 0 Å². The van der Waals surface area contributed by atoms with Crippen LogP contribution in [0, 0.1) is 6.92 Å². The molecular weight excluding hydrogens is 210 g/mol. The molecule has 0 aliphatic heterocycles. The van der Waals surface area contributed by atoms with Crippen LogP contribution in [0.5, 0.6) is 0 Å². The Morgan fingerprint density at radius 1 is 1.29 bits per heavy atom. The first-order valence-corrected chi connectivity index (χ1v) is 6.07. The van der Waals surface area contributed by atoms with E-state index in [1.165, 1.54) is 18.4 Å². The van der Waals surface area contributed by atoms with Crippen molar-refractivity contribution in [2.45, 2.75) is 25.2 Å². The van der Waals surface area contributed by atoms with Crippen LogP contribution in [-0.4, -0.2) is 16.3 Å². The quantitative estimate of drug-likeness (QED) is 0.873. The van der Waals surface area contributed by atoms with E-state index in [1.807, 2.05) is 23.0 Å². The number of hydrogen-bond donors (Lipinski definition) is 1. The molecule has 0 spiro atoms. The van der Waals surface area contributed by atoms with Gasteiger partial charge in [-0.2, -0.15) is 5.10 Å². The molecule has 1 heterocycles. The standard InChI is InChI=1S/C14H17N3/c1-11-4-2-3-5-12(11)17-9-6-13(16-17)14(10-15)7-8-14/h2-6,9H,7-8,10,15H2,1H3. The third kappa shape index (κ3) is 1.67. The number of hydrogen-bond acceptors (Lipinski definition) is 2. The maximum atomic E-state index is 5.83. The van der Waals surface area contributed by atoms with Gasteiger partial charge in [-0.1, -0.05) is 18.2 Å². The highest BCUT2D eigenvalue weighted by Gasteiger charge is 2.44. The number of aromatic nitrogens is 2. The summed E-state index contributed by atoms with van der Waals surface area (Å²) in [6.45, 7) is 2.81. The molecule has 1 aromatic heterocycles. The van der Waals surface area contributed by atoms with Crippen LogP contribution in [0.2, 0.25) is 0 Å². The highest BCUT2D eigenvalue weighted by atomic mass is 15.3. The van der Waals surface area contributed by atoms with Crippen LogP contribution in [0.3, 0.4) is 0 Å². The van der Waals surface area contributed by atoms with Crippen molar-refractivity contribution in [1.29, 1.82) is 0 Å². The molecule has 88 valence electrons. The highest BCUT2D eigenvalue weighted by Crippen LogP contribution is 2.46. The maximum absolute atomic E-state index is 5.83. The molecule has 1 aliphatic carbocycles. The SMILES string of the molecule is Cc1ccccc1-n1ccc(C2(CN)CC2)n1. The van der Waals surface area contributed by atoms with Gasteiger partial charge < -0.3 is 5.73 Å². The fraction of sp³-hybridized carbons (Fsp3) is 0.357. The Balaban J connectivity index is 1.99. The number of nitrogens with zero attached hydrogens (tertiary/aromatic N) is 2. The summed E-state index contributed by atoms with van der Waals surface area (Å²) in [7, 11) is 0. The van der Waals surface area contributed by atoms with Crippen molar-refractivity contribution in [3.63, 3.8) is 0 Å². The second kappa shape index (κ2) is 3.70. The van der Waals surface area contributed by atoms with E-state index in [9.17, 15) is 0 Å². The fourth-order valence-electron chi connectivity index (χ4n) is 2.28. The van der Waals surface area contributed by atoms with Crippen molar-refractivity contribution in [2.75, 3.05) is 6.54 Å². The average molecular weight is 227 g/mol. The van der Waals surface area contributed by atoms with Gasteiger partial charge in [0, 0.05) is 18.2 Å². The minimum Gasteiger partial charge on any atom is -0.330 e. The zero-order valence-corrected chi connectivity index (χ0v) is 10.1. The van der Waals surface area contributed by atoms with Gasteiger partial charge in [-0.15, -0.1) is 0 Å². The first-order chi connectivity index (χ1) is 8.25. The normalized spacial score (nSPS) is 17.1. The van der Waals surface area contributed by atoms with Crippen molar-refractivity contribution >= 4 is 0 Å². The lowest BCUT2D eigenvalue weighted by molar-refractivity contribution is 0.661. The van der Waals surface area contributed by atoms with Crippen LogP contribution in [0.25, 0.3) is 5.69 Å². The molecule has 3 nitrogen and oxygen atoms in total. The molecule has 2 aromatic rings. The molecule has 3 heteroatoms. The van der Waals surface area contributed by atoms with E-state index in [0.717, 1.165) is 11.4 Å². The van der Waals surface area contributed by atoms with Crippen molar-refractivity contribution in [1.82, 2.24) is 9.78 Å². The van der Waals surface area contributed by atoms with Gasteiger partial charge in [0.05, 0.1) is 11.4 Å². The van der Waals surface area contributed by atoms with Gasteiger partial charge in [0.1, 0.15) is 0 Å². The van der Waals surface area contributed by atoms with E-state index in [1.54, 1.807) is 0 Å². The lowest BCUT2D eigenvalue weighted by Gasteiger charge is -2.09. The Morgan fingerprint density at radius 2 is 2.06 bits per heavy atom. The number of rotatable bonds is 3. The summed E-state index contributed by atoms with van der Waals surface area (Å²) in [6, 6.07) is 10.4. The largest absolute Gasteiger partial charge is 0.330 e. The van der Waals surface area contributed by atoms with Crippen molar-refractivity contribution in [2.24, 2.45) is 5.73 Å². The molecule has 0 unspecified atom stereocenters. The Labute approximate surface area is 101 Å². The number of nitrogens with two attached hydrogens (primary N) is 1. The van der Waals surface area contributed by atoms with Crippen LogP contribution in [0.4, 0.5) is 0 Å². The van der Waals surface area contributed by atoms with E-state index < -0.39 is 0 Å². The zero-order chi connectivity index (χ0) is 11.9. The van der Waals surface area contributed by atoms with Gasteiger partial charge in [0.2, 0.25) is 0 Å². The molecule has 0 saturated heterocycles. The smallest absolute Gasteiger partial charge is 0.0703 e. The predicted molar refractivity (Wildman–Crippen MR) is 68.3 cm³/mol. The Morgan fingerprint density at radius 3 is 2.71 bits per heavy atom. The molecule has 1 fully saturated rings. The van der Waals surface area contributed by atoms with Crippen LogP contribution >= 0.6 is 0 Å². The summed E-state index contributed by atoms with van der Waals surface area (Å²) in [5.74, 6) is 0. The molecule has 17 heavy (non-hydrogen) atoms. The van der Waals surface area contributed by atoms with Crippen LogP contribution in [-0.2, 0) is 5.41 Å². The maximum Gasteiger partial charge on any atom is 0.0703 e. The average Bonchev–Trinajstić information content (AvgIpc) is 3.00. The van der Waals surface area contributed by atoms with Crippen LogP contribution in [0.1, 0.15) is 24.1 Å². The number of benzene rings is 1. The first kappa shape index (κ1) is 10.5. The van der Waals surface area contributed by atoms with E-state index >= 15 is 0 Å². The first-order valence-electron chi connectivity index (χ1n) is 6.07. The van der Waals surface area contributed by atoms with Gasteiger partial charge in [-0.3, -0.25) is 0 Å². The van der Waals surface area contributed by atoms with E-state index in [4.69, 9.17) is 5.73 Å². The topological polar surface area (TPSA) is 43.8 Å². The molecule has 0 bridgehead atoms. The molecule has 0 atom stereocenters. The van der Waals surface area contributed by atoms with E-state index in [0.29, 0.717) is 6.54 Å². The lowest BCUT2D eigenvalue weighted by atomic mass is 10.0. The third-order valence-corrected chi connectivity index (χ3v) is 3.74. The molecule has 0 amide bonds. The fourth-order valence-corrected chi connectivity index (χ4v) is 2.28. The van der Waals surface area contributed by atoms with Crippen molar-refractivity contribution in [3.05, 3.63) is 47.8 Å². The van der Waals surface area contributed by atoms with Gasteiger partial charge in [0.15, 0.2) is 0 Å². The molecule has 0 radical (unpaired) electrons. The Hall–Kier alpha value is -1.61.